The highest BCUT2D eigenvalue weighted by Crippen LogP contribution is 2.19. The molecule has 98 valence electrons. The summed E-state index contributed by atoms with van der Waals surface area (Å²) < 4.78 is 5.35. The molecule has 0 aliphatic carbocycles. The number of carboxylic acids is 1. The van der Waals surface area contributed by atoms with Gasteiger partial charge >= 0.3 is 5.97 Å². The first-order valence-electron chi connectivity index (χ1n) is 6.03. The van der Waals surface area contributed by atoms with Crippen molar-refractivity contribution in [1.29, 1.82) is 0 Å². The minimum Gasteiger partial charge on any atom is -0.494 e. The van der Waals surface area contributed by atoms with Gasteiger partial charge in [-0.15, -0.1) is 0 Å². The van der Waals surface area contributed by atoms with Crippen LogP contribution in [0, 0.1) is 6.92 Å². The van der Waals surface area contributed by atoms with Gasteiger partial charge in [0.15, 0.2) is 5.78 Å². The van der Waals surface area contributed by atoms with Crippen LogP contribution in [0.1, 0.15) is 42.1 Å². The Balaban J connectivity index is 2.65. The largest absolute Gasteiger partial charge is 0.494 e. The monoisotopic (exact) mass is 250 g/mol. The minimum atomic E-state index is -0.869. The first-order valence-corrected chi connectivity index (χ1v) is 6.03. The number of hydrogen-bond donors (Lipinski definition) is 1. The molecule has 1 rings (SSSR count). The molecule has 1 aromatic rings. The normalized spacial score (nSPS) is 10.1. The maximum Gasteiger partial charge on any atom is 0.303 e. The lowest BCUT2D eigenvalue weighted by Gasteiger charge is -2.08. The zero-order chi connectivity index (χ0) is 13.5. The molecule has 0 spiro atoms. The Bertz CT molecular complexity index is 437. The molecule has 0 saturated heterocycles. The Morgan fingerprint density at radius 3 is 2.56 bits per heavy atom. The number of benzene rings is 1. The number of carbonyl (C=O) groups is 2. The molecule has 4 nitrogen and oxygen atoms in total. The van der Waals surface area contributed by atoms with E-state index in [2.05, 4.69) is 0 Å². The SMILES string of the molecule is CCOc1ccc(C(=O)CCCC(=O)O)c(C)c1. The van der Waals surface area contributed by atoms with E-state index in [-0.39, 0.29) is 18.6 Å². The second-order valence-electron chi connectivity index (χ2n) is 4.08. The quantitative estimate of drug-likeness (QED) is 0.756. The highest BCUT2D eigenvalue weighted by Gasteiger charge is 2.10. The molecule has 0 saturated carbocycles. The Kier molecular flexibility index (Phi) is 5.36. The molecule has 4 heteroatoms. The topological polar surface area (TPSA) is 63.6 Å². The van der Waals surface area contributed by atoms with Crippen molar-refractivity contribution in [1.82, 2.24) is 0 Å². The van der Waals surface area contributed by atoms with Gasteiger partial charge in [-0.05, 0) is 44.0 Å². The summed E-state index contributed by atoms with van der Waals surface area (Å²) in [6, 6.07) is 5.33. The third-order valence-electron chi connectivity index (χ3n) is 2.60. The fourth-order valence-electron chi connectivity index (χ4n) is 1.74. The molecule has 0 aromatic heterocycles. The van der Waals surface area contributed by atoms with Crippen molar-refractivity contribution in [2.75, 3.05) is 6.61 Å². The molecule has 0 bridgehead atoms. The van der Waals surface area contributed by atoms with Crippen LogP contribution in [-0.4, -0.2) is 23.5 Å². The lowest BCUT2D eigenvalue weighted by atomic mass is 10.0. The van der Waals surface area contributed by atoms with Crippen LogP contribution in [-0.2, 0) is 4.79 Å². The van der Waals surface area contributed by atoms with E-state index in [4.69, 9.17) is 9.84 Å². The third-order valence-corrected chi connectivity index (χ3v) is 2.60. The summed E-state index contributed by atoms with van der Waals surface area (Å²) in [7, 11) is 0. The summed E-state index contributed by atoms with van der Waals surface area (Å²) in [5.41, 5.74) is 1.50. The van der Waals surface area contributed by atoms with Crippen molar-refractivity contribution >= 4 is 11.8 Å². The summed E-state index contributed by atoms with van der Waals surface area (Å²) in [4.78, 5) is 22.3. The van der Waals surface area contributed by atoms with Gasteiger partial charge in [0.1, 0.15) is 5.75 Å². The van der Waals surface area contributed by atoms with E-state index in [1.807, 2.05) is 19.9 Å². The van der Waals surface area contributed by atoms with Gasteiger partial charge in [0.25, 0.3) is 0 Å². The van der Waals surface area contributed by atoms with Crippen LogP contribution in [0.3, 0.4) is 0 Å². The zero-order valence-corrected chi connectivity index (χ0v) is 10.7. The highest BCUT2D eigenvalue weighted by molar-refractivity contribution is 5.97. The van der Waals surface area contributed by atoms with Crippen molar-refractivity contribution in [2.45, 2.75) is 33.1 Å². The van der Waals surface area contributed by atoms with Crippen molar-refractivity contribution in [3.8, 4) is 5.75 Å². The molecule has 0 atom stereocenters. The second-order valence-corrected chi connectivity index (χ2v) is 4.08. The first-order chi connectivity index (χ1) is 8.54. The standard InChI is InChI=1S/C14H18O4/c1-3-18-11-7-8-12(10(2)9-11)13(15)5-4-6-14(16)17/h7-9H,3-6H2,1-2H3,(H,16,17). The number of aliphatic carboxylic acids is 1. The van der Waals surface area contributed by atoms with Crippen LogP contribution < -0.4 is 4.74 Å². The molecule has 1 aromatic carbocycles. The molecule has 0 amide bonds. The number of ether oxygens (including phenoxy) is 1. The van der Waals surface area contributed by atoms with Gasteiger partial charge in [-0.1, -0.05) is 0 Å². The Hall–Kier alpha value is -1.84. The van der Waals surface area contributed by atoms with Crippen LogP contribution in [0.4, 0.5) is 0 Å². The van der Waals surface area contributed by atoms with Gasteiger partial charge < -0.3 is 9.84 Å². The maximum atomic E-state index is 11.9. The number of Topliss-reactive ketones (excluding diaryl/α,β-unsaturated/α-hetero) is 1. The Morgan fingerprint density at radius 2 is 2.00 bits per heavy atom. The molecule has 18 heavy (non-hydrogen) atoms. The molecule has 0 unspecified atom stereocenters. The van der Waals surface area contributed by atoms with Gasteiger partial charge in [-0.2, -0.15) is 0 Å². The predicted molar refractivity (Wildman–Crippen MR) is 68.2 cm³/mol. The van der Waals surface area contributed by atoms with Gasteiger partial charge in [-0.25, -0.2) is 0 Å². The van der Waals surface area contributed by atoms with Crippen LogP contribution in [0.25, 0.3) is 0 Å². The van der Waals surface area contributed by atoms with Crippen LogP contribution >= 0.6 is 0 Å². The fraction of sp³-hybridized carbons (Fsp3) is 0.429. The molecule has 0 aliphatic heterocycles. The number of carbonyl (C=O) groups excluding carboxylic acids is 1. The number of rotatable bonds is 7. The molecular weight excluding hydrogens is 232 g/mol. The second kappa shape index (κ2) is 6.79. The molecule has 0 radical (unpaired) electrons. The molecule has 1 N–H and O–H groups in total. The van der Waals surface area contributed by atoms with E-state index in [0.29, 0.717) is 18.6 Å². The van der Waals surface area contributed by atoms with Crippen LogP contribution in [0.15, 0.2) is 18.2 Å². The van der Waals surface area contributed by atoms with Gasteiger partial charge in [0.05, 0.1) is 6.61 Å². The van der Waals surface area contributed by atoms with E-state index >= 15 is 0 Å². The van der Waals surface area contributed by atoms with Crippen molar-refractivity contribution in [2.24, 2.45) is 0 Å². The number of carboxylic acid groups (broad SMARTS) is 1. The van der Waals surface area contributed by atoms with Gasteiger partial charge in [-0.3, -0.25) is 9.59 Å². The first kappa shape index (κ1) is 14.2. The van der Waals surface area contributed by atoms with Crippen molar-refractivity contribution in [3.63, 3.8) is 0 Å². The average Bonchev–Trinajstić information content (AvgIpc) is 2.28. The van der Waals surface area contributed by atoms with Crippen molar-refractivity contribution < 1.29 is 19.4 Å². The summed E-state index contributed by atoms with van der Waals surface area (Å²) in [5, 5.41) is 8.52. The third kappa shape index (κ3) is 4.20. The van der Waals surface area contributed by atoms with Gasteiger partial charge in [0, 0.05) is 18.4 Å². The Labute approximate surface area is 107 Å². The van der Waals surface area contributed by atoms with Crippen LogP contribution in [0.5, 0.6) is 5.75 Å². The fourth-order valence-corrected chi connectivity index (χ4v) is 1.74. The molecule has 0 aliphatic rings. The number of ketones is 1. The predicted octanol–water partition coefficient (Wildman–Crippen LogP) is 2.83. The van der Waals surface area contributed by atoms with E-state index in [1.54, 1.807) is 12.1 Å². The van der Waals surface area contributed by atoms with E-state index in [1.165, 1.54) is 0 Å². The minimum absolute atomic E-state index is 0.0169. The molecule has 0 fully saturated rings. The smallest absolute Gasteiger partial charge is 0.303 e. The van der Waals surface area contributed by atoms with Crippen LogP contribution in [0.2, 0.25) is 0 Å². The average molecular weight is 250 g/mol. The highest BCUT2D eigenvalue weighted by atomic mass is 16.5. The molecular formula is C14H18O4. The summed E-state index contributed by atoms with van der Waals surface area (Å²) in [6.45, 7) is 4.35. The van der Waals surface area contributed by atoms with Gasteiger partial charge in [0.2, 0.25) is 0 Å². The number of hydrogen-bond acceptors (Lipinski definition) is 3. The molecule has 0 heterocycles. The summed E-state index contributed by atoms with van der Waals surface area (Å²) >= 11 is 0. The van der Waals surface area contributed by atoms with E-state index in [0.717, 1.165) is 11.3 Å². The lowest BCUT2D eigenvalue weighted by Crippen LogP contribution is -2.04. The van der Waals surface area contributed by atoms with E-state index < -0.39 is 5.97 Å². The number of aryl methyl sites for hydroxylation is 1. The summed E-state index contributed by atoms with van der Waals surface area (Å²) in [5.74, 6) is -0.139. The van der Waals surface area contributed by atoms with Crippen molar-refractivity contribution in [3.05, 3.63) is 29.3 Å². The Morgan fingerprint density at radius 1 is 1.28 bits per heavy atom. The summed E-state index contributed by atoms with van der Waals surface area (Å²) in [6.07, 6.45) is 0.670. The maximum absolute atomic E-state index is 11.9. The van der Waals surface area contributed by atoms with E-state index in [9.17, 15) is 9.59 Å². The lowest BCUT2D eigenvalue weighted by molar-refractivity contribution is -0.137. The zero-order valence-electron chi connectivity index (χ0n) is 10.7.